The van der Waals surface area contributed by atoms with Crippen molar-refractivity contribution in [2.45, 2.75) is 57.2 Å². The van der Waals surface area contributed by atoms with Crippen LogP contribution in [-0.2, 0) is 11.8 Å². The molecule has 0 saturated carbocycles. The van der Waals surface area contributed by atoms with E-state index in [2.05, 4.69) is 35.9 Å². The second kappa shape index (κ2) is 9.54. The quantitative estimate of drug-likeness (QED) is 0.346. The van der Waals surface area contributed by atoms with Crippen molar-refractivity contribution in [2.75, 3.05) is 17.2 Å². The highest BCUT2D eigenvalue weighted by molar-refractivity contribution is 6.08. The van der Waals surface area contributed by atoms with E-state index >= 15 is 0 Å². The lowest BCUT2D eigenvalue weighted by Gasteiger charge is -2.41. The molecule has 2 fully saturated rings. The summed E-state index contributed by atoms with van der Waals surface area (Å²) in [4.78, 5) is 32.6. The molecule has 12 heteroatoms. The molecule has 2 bridgehead atoms. The predicted octanol–water partition coefficient (Wildman–Crippen LogP) is 2.40. The molecule has 2 aliphatic heterocycles. The van der Waals surface area contributed by atoms with Crippen LogP contribution in [-0.4, -0.2) is 75.6 Å². The highest BCUT2D eigenvalue weighted by Crippen LogP contribution is 2.40. The molecule has 6 heterocycles. The molecular formula is C27H31N9O3. The summed E-state index contributed by atoms with van der Waals surface area (Å²) in [7, 11) is 1.85. The highest BCUT2D eigenvalue weighted by Gasteiger charge is 2.45. The minimum absolute atomic E-state index is 0.148. The molecule has 4 aromatic heterocycles. The summed E-state index contributed by atoms with van der Waals surface area (Å²) < 4.78 is 3.28. The second-order valence-electron chi connectivity index (χ2n) is 10.9. The Labute approximate surface area is 225 Å². The largest absolute Gasteiger partial charge is 0.390 e. The number of aliphatic hydroxyl groups is 1. The molecular weight excluding hydrogens is 498 g/mol. The second-order valence-corrected chi connectivity index (χ2v) is 10.9. The maximum atomic E-state index is 13.1. The number of piperidine rings is 1. The van der Waals surface area contributed by atoms with Gasteiger partial charge in [0.1, 0.15) is 0 Å². The Morgan fingerprint density at radius 1 is 1.10 bits per heavy atom. The average molecular weight is 530 g/mol. The third kappa shape index (κ3) is 5.00. The van der Waals surface area contributed by atoms with E-state index in [0.29, 0.717) is 35.4 Å². The van der Waals surface area contributed by atoms with Crippen molar-refractivity contribution in [1.29, 1.82) is 0 Å². The van der Waals surface area contributed by atoms with E-state index in [-0.39, 0.29) is 30.2 Å². The summed E-state index contributed by atoms with van der Waals surface area (Å²) in [6.07, 6.45) is 10.4. The first kappa shape index (κ1) is 25.1. The molecule has 202 valence electrons. The zero-order chi connectivity index (χ0) is 27.3. The van der Waals surface area contributed by atoms with Gasteiger partial charge < -0.3 is 15.7 Å². The van der Waals surface area contributed by atoms with Gasteiger partial charge in [0.25, 0.3) is 5.91 Å². The summed E-state index contributed by atoms with van der Waals surface area (Å²) in [5.41, 5.74) is 3.48. The first-order chi connectivity index (χ1) is 18.6. The van der Waals surface area contributed by atoms with Crippen molar-refractivity contribution in [1.82, 2.24) is 34.5 Å². The molecule has 3 N–H and O–H groups in total. The number of pyridine rings is 2. The summed E-state index contributed by atoms with van der Waals surface area (Å²) in [6, 6.07) is 5.82. The third-order valence-electron chi connectivity index (χ3n) is 7.73. The smallest absolute Gasteiger partial charge is 0.278 e. The molecule has 0 aromatic carbocycles. The van der Waals surface area contributed by atoms with Gasteiger partial charge >= 0.3 is 0 Å². The van der Waals surface area contributed by atoms with Crippen molar-refractivity contribution >= 4 is 28.7 Å². The molecule has 0 radical (unpaired) electrons. The van der Waals surface area contributed by atoms with Gasteiger partial charge in [0.2, 0.25) is 5.91 Å². The van der Waals surface area contributed by atoms with Gasteiger partial charge in [-0.3, -0.25) is 24.2 Å². The van der Waals surface area contributed by atoms with Crippen LogP contribution < -0.4 is 10.6 Å². The van der Waals surface area contributed by atoms with Crippen LogP contribution in [0.4, 0.5) is 11.4 Å². The fraction of sp³-hybridized carbons (Fsp3) is 0.407. The summed E-state index contributed by atoms with van der Waals surface area (Å²) >= 11 is 0. The van der Waals surface area contributed by atoms with E-state index in [4.69, 9.17) is 0 Å². The molecule has 6 rings (SSSR count). The number of aromatic nitrogens is 6. The number of carbonyl (C=O) groups excluding carboxylic acids is 2. The molecule has 2 aliphatic rings. The van der Waals surface area contributed by atoms with Crippen LogP contribution in [0.25, 0.3) is 16.6 Å². The first-order valence-corrected chi connectivity index (χ1v) is 13.1. The van der Waals surface area contributed by atoms with Crippen molar-refractivity contribution in [3.05, 3.63) is 54.4 Å². The van der Waals surface area contributed by atoms with Crippen molar-refractivity contribution in [2.24, 2.45) is 7.05 Å². The fourth-order valence-electron chi connectivity index (χ4n) is 5.88. The van der Waals surface area contributed by atoms with E-state index in [0.717, 1.165) is 24.0 Å². The Kier molecular flexibility index (Phi) is 6.15. The van der Waals surface area contributed by atoms with Crippen molar-refractivity contribution < 1.29 is 14.7 Å². The number of amides is 2. The van der Waals surface area contributed by atoms with Crippen molar-refractivity contribution in [3.8, 4) is 11.1 Å². The Hall–Kier alpha value is -4.16. The summed E-state index contributed by atoms with van der Waals surface area (Å²) in [6.45, 7) is 3.92. The van der Waals surface area contributed by atoms with Gasteiger partial charge in [0, 0.05) is 42.7 Å². The van der Waals surface area contributed by atoms with Gasteiger partial charge in [-0.2, -0.15) is 5.10 Å². The van der Waals surface area contributed by atoms with E-state index in [1.54, 1.807) is 46.8 Å². The molecule has 0 spiro atoms. The van der Waals surface area contributed by atoms with E-state index < -0.39 is 11.5 Å². The molecule has 4 aromatic rings. The number of fused-ring (bicyclic) bond motifs is 3. The fourth-order valence-corrected chi connectivity index (χ4v) is 5.88. The highest BCUT2D eigenvalue weighted by atomic mass is 16.3. The Morgan fingerprint density at radius 2 is 1.87 bits per heavy atom. The van der Waals surface area contributed by atoms with Crippen LogP contribution in [0.5, 0.6) is 0 Å². The number of carbonyl (C=O) groups is 2. The molecule has 39 heavy (non-hydrogen) atoms. The number of hydrogen-bond donors (Lipinski definition) is 3. The number of anilines is 2. The van der Waals surface area contributed by atoms with Crippen LogP contribution in [0.15, 0.2) is 43.0 Å². The van der Waals surface area contributed by atoms with Crippen LogP contribution in [0.2, 0.25) is 0 Å². The zero-order valence-corrected chi connectivity index (χ0v) is 22.1. The van der Waals surface area contributed by atoms with E-state index in [9.17, 15) is 14.7 Å². The Balaban J connectivity index is 1.14. The van der Waals surface area contributed by atoms with E-state index in [1.807, 2.05) is 26.2 Å². The van der Waals surface area contributed by atoms with Gasteiger partial charge in [-0.25, -0.2) is 4.52 Å². The number of hydrogen-bond acceptors (Lipinski definition) is 8. The minimum atomic E-state index is -0.662. The van der Waals surface area contributed by atoms with Crippen LogP contribution >= 0.6 is 0 Å². The molecule has 2 unspecified atom stereocenters. The normalized spacial score (nSPS) is 22.8. The van der Waals surface area contributed by atoms with Crippen LogP contribution in [0.3, 0.4) is 0 Å². The lowest BCUT2D eigenvalue weighted by molar-refractivity contribution is -0.120. The van der Waals surface area contributed by atoms with Crippen molar-refractivity contribution in [3.63, 3.8) is 0 Å². The molecule has 2 amide bonds. The lowest BCUT2D eigenvalue weighted by atomic mass is 9.88. The maximum Gasteiger partial charge on any atom is 0.278 e. The van der Waals surface area contributed by atoms with Gasteiger partial charge in [-0.15, -0.1) is 5.10 Å². The van der Waals surface area contributed by atoms with Crippen LogP contribution in [0, 0.1) is 6.92 Å². The number of nitrogens with one attached hydrogen (secondary N) is 2. The molecule has 12 nitrogen and oxygen atoms in total. The standard InChI is InChI=1S/C27H31N9O3/c1-16-22(8-19(12-28-16)30-24(37)15-35-20-5-6-21(35)10-27(2,39)9-20)31-26(38)25-23-7-4-17(14-36(23)33-32-25)18-11-29-34(3)13-18/h4,7-8,11-14,20-21,39H,5-6,9-10,15H2,1-3H3,(H,30,37)(H,31,38). The van der Waals surface area contributed by atoms with Gasteiger partial charge in [-0.1, -0.05) is 11.3 Å². The van der Waals surface area contributed by atoms with E-state index in [1.165, 1.54) is 0 Å². The maximum absolute atomic E-state index is 13.1. The lowest BCUT2D eigenvalue weighted by Crippen LogP contribution is -2.51. The molecule has 2 atom stereocenters. The number of aryl methyl sites for hydroxylation is 2. The number of rotatable bonds is 6. The third-order valence-corrected chi connectivity index (χ3v) is 7.73. The topological polar surface area (TPSA) is 143 Å². The minimum Gasteiger partial charge on any atom is -0.390 e. The van der Waals surface area contributed by atoms with Gasteiger partial charge in [0.05, 0.1) is 47.1 Å². The van der Waals surface area contributed by atoms with Crippen LogP contribution in [0.1, 0.15) is 48.8 Å². The van der Waals surface area contributed by atoms with Gasteiger partial charge in [0.15, 0.2) is 5.69 Å². The number of nitrogens with zero attached hydrogens (tertiary/aromatic N) is 7. The first-order valence-electron chi connectivity index (χ1n) is 13.1. The molecule has 0 aliphatic carbocycles. The summed E-state index contributed by atoms with van der Waals surface area (Å²) in [5, 5.41) is 28.7. The predicted molar refractivity (Wildman–Crippen MR) is 144 cm³/mol. The average Bonchev–Trinajstić information content (AvgIpc) is 3.57. The monoisotopic (exact) mass is 529 g/mol. The Morgan fingerprint density at radius 3 is 2.59 bits per heavy atom. The molecule has 2 saturated heterocycles. The SMILES string of the molecule is Cc1ncc(NC(=O)CN2C3CCC2CC(C)(O)C3)cc1NC(=O)c1nnn2cc(-c3cnn(C)c3)ccc12. The summed E-state index contributed by atoms with van der Waals surface area (Å²) in [5.74, 6) is -0.575. The van der Waals surface area contributed by atoms with Gasteiger partial charge in [-0.05, 0) is 51.7 Å². The Bertz CT molecular complexity index is 1560. The zero-order valence-electron chi connectivity index (χ0n) is 22.1.